The van der Waals surface area contributed by atoms with Gasteiger partial charge in [-0.15, -0.1) is 0 Å². The Bertz CT molecular complexity index is 393. The second-order valence-electron chi connectivity index (χ2n) is 4.17. The number of nitrogens with one attached hydrogen (secondary N) is 2. The monoisotopic (exact) mass is 237 g/mol. The highest BCUT2D eigenvalue weighted by molar-refractivity contribution is 5.83. The summed E-state index contributed by atoms with van der Waals surface area (Å²) in [4.78, 5) is 28.6. The Morgan fingerprint density at radius 1 is 1.65 bits per heavy atom. The van der Waals surface area contributed by atoms with Gasteiger partial charge in [0.15, 0.2) is 0 Å². The molecule has 1 aromatic rings. The van der Waals surface area contributed by atoms with Crippen molar-refractivity contribution >= 4 is 11.8 Å². The second-order valence-corrected chi connectivity index (χ2v) is 4.17. The number of piperidine rings is 1. The van der Waals surface area contributed by atoms with Gasteiger partial charge in [-0.25, -0.2) is 4.98 Å². The van der Waals surface area contributed by atoms with Crippen LogP contribution in [0.3, 0.4) is 0 Å². The number of aromatic amines is 1. The van der Waals surface area contributed by atoms with E-state index >= 15 is 0 Å². The molecular formula is C10H15N5O2. The molecule has 7 nitrogen and oxygen atoms in total. The van der Waals surface area contributed by atoms with Crippen molar-refractivity contribution in [2.75, 3.05) is 13.6 Å². The summed E-state index contributed by atoms with van der Waals surface area (Å²) in [7, 11) is 1.72. The summed E-state index contributed by atoms with van der Waals surface area (Å²) in [5, 5.41) is 9.14. The van der Waals surface area contributed by atoms with Gasteiger partial charge in [0.2, 0.25) is 11.8 Å². The molecular weight excluding hydrogens is 222 g/mol. The molecule has 2 rings (SSSR count). The zero-order valence-electron chi connectivity index (χ0n) is 9.64. The quantitative estimate of drug-likeness (QED) is 0.726. The molecule has 2 N–H and O–H groups in total. The molecule has 1 aliphatic rings. The van der Waals surface area contributed by atoms with Crippen molar-refractivity contribution < 1.29 is 9.59 Å². The first-order chi connectivity index (χ1) is 8.16. The summed E-state index contributed by atoms with van der Waals surface area (Å²) in [6, 6.07) is 0. The highest BCUT2D eigenvalue weighted by Gasteiger charge is 2.26. The van der Waals surface area contributed by atoms with Crippen LogP contribution in [0.1, 0.15) is 18.7 Å². The standard InChI is InChI=1S/C10H15N5O2/c1-15(5-8-12-6-13-14-8)10(17)7-2-3-9(16)11-4-7/h6-7H,2-5H2,1H3,(H,11,16)(H,12,13,14). The molecule has 0 bridgehead atoms. The van der Waals surface area contributed by atoms with Crippen LogP contribution in [-0.4, -0.2) is 45.5 Å². The summed E-state index contributed by atoms with van der Waals surface area (Å²) < 4.78 is 0. The number of rotatable bonds is 3. The fraction of sp³-hybridized carbons (Fsp3) is 0.600. The number of H-pyrrole nitrogens is 1. The Kier molecular flexibility index (Phi) is 3.36. The molecule has 0 aromatic carbocycles. The van der Waals surface area contributed by atoms with Crippen LogP contribution in [0.5, 0.6) is 0 Å². The summed E-state index contributed by atoms with van der Waals surface area (Å²) in [6.07, 6.45) is 2.45. The molecule has 1 aliphatic heterocycles. The SMILES string of the molecule is CN(Cc1ncn[nH]1)C(=O)C1CCC(=O)NC1. The lowest BCUT2D eigenvalue weighted by atomic mass is 9.98. The lowest BCUT2D eigenvalue weighted by Crippen LogP contribution is -2.43. The smallest absolute Gasteiger partial charge is 0.227 e. The number of aromatic nitrogens is 3. The minimum Gasteiger partial charge on any atom is -0.355 e. The zero-order valence-corrected chi connectivity index (χ0v) is 9.64. The van der Waals surface area contributed by atoms with Gasteiger partial charge >= 0.3 is 0 Å². The maximum absolute atomic E-state index is 12.0. The lowest BCUT2D eigenvalue weighted by Gasteiger charge is -2.26. The third-order valence-corrected chi connectivity index (χ3v) is 2.84. The van der Waals surface area contributed by atoms with Gasteiger partial charge in [0.05, 0.1) is 12.5 Å². The average molecular weight is 237 g/mol. The molecule has 0 radical (unpaired) electrons. The van der Waals surface area contributed by atoms with Crippen molar-refractivity contribution in [3.05, 3.63) is 12.2 Å². The van der Waals surface area contributed by atoms with Gasteiger partial charge in [-0.1, -0.05) is 0 Å². The van der Waals surface area contributed by atoms with Gasteiger partial charge in [0.1, 0.15) is 12.2 Å². The molecule has 0 aliphatic carbocycles. The molecule has 92 valence electrons. The summed E-state index contributed by atoms with van der Waals surface area (Å²) in [6.45, 7) is 0.835. The number of hydrogen-bond acceptors (Lipinski definition) is 4. The third-order valence-electron chi connectivity index (χ3n) is 2.84. The largest absolute Gasteiger partial charge is 0.355 e. The van der Waals surface area contributed by atoms with Crippen molar-refractivity contribution in [3.63, 3.8) is 0 Å². The van der Waals surface area contributed by atoms with Crippen LogP contribution in [0.25, 0.3) is 0 Å². The fourth-order valence-electron chi connectivity index (χ4n) is 1.86. The highest BCUT2D eigenvalue weighted by atomic mass is 16.2. The number of hydrogen-bond donors (Lipinski definition) is 2. The molecule has 1 aromatic heterocycles. The fourth-order valence-corrected chi connectivity index (χ4v) is 1.86. The van der Waals surface area contributed by atoms with E-state index in [0.717, 1.165) is 0 Å². The van der Waals surface area contributed by atoms with Crippen LogP contribution in [0.15, 0.2) is 6.33 Å². The van der Waals surface area contributed by atoms with Gasteiger partial charge in [0, 0.05) is 20.0 Å². The maximum atomic E-state index is 12.0. The normalized spacial score (nSPS) is 19.8. The molecule has 1 fully saturated rings. The molecule has 0 spiro atoms. The Morgan fingerprint density at radius 2 is 2.47 bits per heavy atom. The van der Waals surface area contributed by atoms with Crippen molar-refractivity contribution in [2.24, 2.45) is 5.92 Å². The highest BCUT2D eigenvalue weighted by Crippen LogP contribution is 2.14. The van der Waals surface area contributed by atoms with E-state index < -0.39 is 0 Å². The van der Waals surface area contributed by atoms with Crippen LogP contribution >= 0.6 is 0 Å². The van der Waals surface area contributed by atoms with Crippen molar-refractivity contribution in [1.82, 2.24) is 25.4 Å². The first-order valence-electron chi connectivity index (χ1n) is 5.52. The summed E-state index contributed by atoms with van der Waals surface area (Å²) >= 11 is 0. The van der Waals surface area contributed by atoms with Gasteiger partial charge in [-0.3, -0.25) is 14.7 Å². The number of nitrogens with zero attached hydrogens (tertiary/aromatic N) is 3. The van der Waals surface area contributed by atoms with E-state index in [1.54, 1.807) is 11.9 Å². The zero-order chi connectivity index (χ0) is 12.3. The molecule has 1 unspecified atom stereocenters. The Hall–Kier alpha value is -1.92. The predicted molar refractivity (Wildman–Crippen MR) is 58.6 cm³/mol. The molecule has 17 heavy (non-hydrogen) atoms. The number of amides is 2. The van der Waals surface area contributed by atoms with Crippen LogP contribution in [0, 0.1) is 5.92 Å². The molecule has 0 saturated carbocycles. The topological polar surface area (TPSA) is 91.0 Å². The van der Waals surface area contributed by atoms with E-state index in [0.29, 0.717) is 31.8 Å². The van der Waals surface area contributed by atoms with Gasteiger partial charge < -0.3 is 10.2 Å². The van der Waals surface area contributed by atoms with Crippen LogP contribution < -0.4 is 5.32 Å². The first kappa shape index (κ1) is 11.6. The Balaban J connectivity index is 1.88. The molecule has 7 heteroatoms. The maximum Gasteiger partial charge on any atom is 0.227 e. The predicted octanol–water partition coefficient (Wildman–Crippen LogP) is -0.711. The minimum atomic E-state index is -0.124. The van der Waals surface area contributed by atoms with E-state index in [2.05, 4.69) is 20.5 Å². The lowest BCUT2D eigenvalue weighted by molar-refractivity contribution is -0.136. The van der Waals surface area contributed by atoms with E-state index in [4.69, 9.17) is 0 Å². The third kappa shape index (κ3) is 2.80. The van der Waals surface area contributed by atoms with Crippen molar-refractivity contribution in [3.8, 4) is 0 Å². The van der Waals surface area contributed by atoms with Crippen LogP contribution in [-0.2, 0) is 16.1 Å². The van der Waals surface area contributed by atoms with E-state index in [-0.39, 0.29) is 17.7 Å². The van der Waals surface area contributed by atoms with Crippen molar-refractivity contribution in [1.29, 1.82) is 0 Å². The second kappa shape index (κ2) is 4.94. The van der Waals surface area contributed by atoms with Gasteiger partial charge in [-0.2, -0.15) is 5.10 Å². The van der Waals surface area contributed by atoms with Crippen LogP contribution in [0.4, 0.5) is 0 Å². The molecule has 2 amide bonds. The summed E-state index contributed by atoms with van der Waals surface area (Å²) in [5.41, 5.74) is 0. The number of carbonyl (C=O) groups excluding carboxylic acids is 2. The van der Waals surface area contributed by atoms with Gasteiger partial charge in [-0.05, 0) is 6.42 Å². The Labute approximate surface area is 98.6 Å². The minimum absolute atomic E-state index is 0.0203. The summed E-state index contributed by atoms with van der Waals surface area (Å²) in [5.74, 6) is 0.578. The molecule has 1 atom stereocenters. The molecule has 2 heterocycles. The van der Waals surface area contributed by atoms with Crippen LogP contribution in [0.2, 0.25) is 0 Å². The first-order valence-corrected chi connectivity index (χ1v) is 5.52. The van der Waals surface area contributed by atoms with Crippen molar-refractivity contribution in [2.45, 2.75) is 19.4 Å². The van der Waals surface area contributed by atoms with E-state index in [1.165, 1.54) is 6.33 Å². The van der Waals surface area contributed by atoms with E-state index in [9.17, 15) is 9.59 Å². The Morgan fingerprint density at radius 3 is 3.06 bits per heavy atom. The molecule has 1 saturated heterocycles. The van der Waals surface area contributed by atoms with Gasteiger partial charge in [0.25, 0.3) is 0 Å². The number of carbonyl (C=O) groups is 2. The van der Waals surface area contributed by atoms with E-state index in [1.807, 2.05) is 0 Å². The average Bonchev–Trinajstić information content (AvgIpc) is 2.82.